The van der Waals surface area contributed by atoms with E-state index in [1.165, 1.54) is 0 Å². The molecule has 1 aromatic heterocycles. The largest absolute Gasteiger partial charge is 0.457 e. The molecule has 0 atom stereocenters. The molecule has 3 aromatic carbocycles. The minimum absolute atomic E-state index is 0.110. The van der Waals surface area contributed by atoms with Crippen LogP contribution in [0.15, 0.2) is 89.5 Å². The van der Waals surface area contributed by atoms with Crippen LogP contribution in [0.5, 0.6) is 11.5 Å². The van der Waals surface area contributed by atoms with E-state index < -0.39 is 0 Å². The first-order chi connectivity index (χ1) is 14.2. The molecule has 1 N–H and O–H groups in total. The Hall–Kier alpha value is -3.57. The lowest BCUT2D eigenvalue weighted by Gasteiger charge is -2.07. The standard InChI is InChI=1S/C23H17ClN2O3/c24-17-8-6-16(7-9-17)22-14-19(26-29-22)15-23(27)25-18-10-12-21(13-11-18)28-20-4-2-1-3-5-20/h1-14H,15H2,(H,25,27). The van der Waals surface area contributed by atoms with E-state index in [4.69, 9.17) is 20.9 Å². The first kappa shape index (κ1) is 18.8. The van der Waals surface area contributed by atoms with Crippen LogP contribution in [-0.4, -0.2) is 11.1 Å². The minimum atomic E-state index is -0.183. The molecule has 0 fully saturated rings. The van der Waals surface area contributed by atoms with Crippen molar-refractivity contribution in [2.45, 2.75) is 6.42 Å². The smallest absolute Gasteiger partial charge is 0.230 e. The average Bonchev–Trinajstić information content (AvgIpc) is 3.19. The first-order valence-electron chi connectivity index (χ1n) is 9.00. The van der Waals surface area contributed by atoms with E-state index >= 15 is 0 Å². The third kappa shape index (κ3) is 5.03. The van der Waals surface area contributed by atoms with Gasteiger partial charge in [-0.15, -0.1) is 0 Å². The zero-order valence-corrected chi connectivity index (χ0v) is 16.1. The molecule has 0 bridgehead atoms. The van der Waals surface area contributed by atoms with Crippen LogP contribution in [0.1, 0.15) is 5.69 Å². The number of amides is 1. The van der Waals surface area contributed by atoms with Gasteiger partial charge in [0.25, 0.3) is 0 Å². The van der Waals surface area contributed by atoms with Gasteiger partial charge in [0.15, 0.2) is 5.76 Å². The monoisotopic (exact) mass is 404 g/mol. The van der Waals surface area contributed by atoms with Crippen molar-refractivity contribution in [2.75, 3.05) is 5.32 Å². The van der Waals surface area contributed by atoms with E-state index in [-0.39, 0.29) is 12.3 Å². The number of aromatic nitrogens is 1. The zero-order chi connectivity index (χ0) is 20.1. The summed E-state index contributed by atoms with van der Waals surface area (Å²) in [6.07, 6.45) is 0.110. The number of nitrogens with one attached hydrogen (secondary N) is 1. The fraction of sp³-hybridized carbons (Fsp3) is 0.0435. The summed E-state index contributed by atoms with van der Waals surface area (Å²) < 4.78 is 11.1. The summed E-state index contributed by atoms with van der Waals surface area (Å²) in [6, 6.07) is 25.7. The van der Waals surface area contributed by atoms with Gasteiger partial charge in [-0.05, 0) is 60.7 Å². The van der Waals surface area contributed by atoms with E-state index in [0.717, 1.165) is 11.3 Å². The predicted octanol–water partition coefficient (Wildman–Crippen LogP) is 5.97. The number of para-hydroxylation sites is 1. The van der Waals surface area contributed by atoms with Gasteiger partial charge in [0.2, 0.25) is 5.91 Å². The number of nitrogens with zero attached hydrogens (tertiary/aromatic N) is 1. The fourth-order valence-corrected chi connectivity index (χ4v) is 2.87. The van der Waals surface area contributed by atoms with Gasteiger partial charge in [-0.1, -0.05) is 35.0 Å². The number of hydrogen-bond donors (Lipinski definition) is 1. The molecule has 0 aliphatic carbocycles. The maximum Gasteiger partial charge on any atom is 0.230 e. The summed E-state index contributed by atoms with van der Waals surface area (Å²) in [6.45, 7) is 0. The van der Waals surface area contributed by atoms with Gasteiger partial charge in [0.05, 0.1) is 12.1 Å². The van der Waals surface area contributed by atoms with Gasteiger partial charge in [-0.3, -0.25) is 4.79 Å². The molecule has 1 amide bonds. The zero-order valence-electron chi connectivity index (χ0n) is 15.3. The van der Waals surface area contributed by atoms with Crippen molar-refractivity contribution in [3.05, 3.63) is 95.6 Å². The van der Waals surface area contributed by atoms with Gasteiger partial charge in [-0.25, -0.2) is 0 Å². The summed E-state index contributed by atoms with van der Waals surface area (Å²) in [5.74, 6) is 1.86. The van der Waals surface area contributed by atoms with Crippen molar-refractivity contribution in [1.82, 2.24) is 5.16 Å². The minimum Gasteiger partial charge on any atom is -0.457 e. The lowest BCUT2D eigenvalue weighted by atomic mass is 10.1. The molecular weight excluding hydrogens is 388 g/mol. The second-order valence-corrected chi connectivity index (χ2v) is 6.79. The molecule has 0 saturated heterocycles. The highest BCUT2D eigenvalue weighted by atomic mass is 35.5. The molecule has 0 aliphatic heterocycles. The van der Waals surface area contributed by atoms with Crippen LogP contribution >= 0.6 is 11.6 Å². The van der Waals surface area contributed by atoms with Crippen molar-refractivity contribution in [3.8, 4) is 22.8 Å². The Bertz CT molecular complexity index is 1090. The third-order valence-corrected chi connectivity index (χ3v) is 4.40. The molecule has 0 radical (unpaired) electrons. The molecular formula is C23H17ClN2O3. The van der Waals surface area contributed by atoms with E-state index in [0.29, 0.717) is 27.9 Å². The predicted molar refractivity (Wildman–Crippen MR) is 112 cm³/mol. The molecule has 1 heterocycles. The normalized spacial score (nSPS) is 10.5. The molecule has 0 unspecified atom stereocenters. The number of anilines is 1. The Kier molecular flexibility index (Phi) is 5.59. The van der Waals surface area contributed by atoms with Crippen LogP contribution in [0.2, 0.25) is 5.02 Å². The van der Waals surface area contributed by atoms with Crippen LogP contribution in [-0.2, 0) is 11.2 Å². The Morgan fingerprint density at radius 2 is 1.62 bits per heavy atom. The fourth-order valence-electron chi connectivity index (χ4n) is 2.75. The molecule has 4 rings (SSSR count). The molecule has 144 valence electrons. The Morgan fingerprint density at radius 1 is 0.931 bits per heavy atom. The van der Waals surface area contributed by atoms with Crippen LogP contribution in [0.25, 0.3) is 11.3 Å². The second-order valence-electron chi connectivity index (χ2n) is 6.35. The number of carbonyl (C=O) groups excluding carboxylic acids is 1. The molecule has 5 nitrogen and oxygen atoms in total. The Balaban J connectivity index is 1.34. The lowest BCUT2D eigenvalue weighted by Crippen LogP contribution is -2.14. The van der Waals surface area contributed by atoms with Crippen LogP contribution in [0.3, 0.4) is 0 Å². The molecule has 0 saturated carbocycles. The molecule has 4 aromatic rings. The second kappa shape index (κ2) is 8.63. The first-order valence-corrected chi connectivity index (χ1v) is 9.38. The lowest BCUT2D eigenvalue weighted by molar-refractivity contribution is -0.115. The van der Waals surface area contributed by atoms with E-state index in [1.807, 2.05) is 42.5 Å². The van der Waals surface area contributed by atoms with Gasteiger partial charge in [-0.2, -0.15) is 0 Å². The van der Waals surface area contributed by atoms with Gasteiger partial charge in [0.1, 0.15) is 11.5 Å². The molecule has 0 aliphatic rings. The number of halogens is 1. The van der Waals surface area contributed by atoms with Crippen LogP contribution in [0, 0.1) is 0 Å². The molecule has 29 heavy (non-hydrogen) atoms. The summed E-state index contributed by atoms with van der Waals surface area (Å²) in [5.41, 5.74) is 2.08. The highest BCUT2D eigenvalue weighted by Gasteiger charge is 2.11. The topological polar surface area (TPSA) is 64.4 Å². The van der Waals surface area contributed by atoms with Crippen LogP contribution < -0.4 is 10.1 Å². The SMILES string of the molecule is O=C(Cc1cc(-c2ccc(Cl)cc2)on1)Nc1ccc(Oc2ccccc2)cc1. The molecule has 0 spiro atoms. The maximum absolute atomic E-state index is 12.3. The van der Waals surface area contributed by atoms with Gasteiger partial charge >= 0.3 is 0 Å². The molecule has 6 heteroatoms. The quantitative estimate of drug-likeness (QED) is 0.430. The van der Waals surface area contributed by atoms with Crippen LogP contribution in [0.4, 0.5) is 5.69 Å². The van der Waals surface area contributed by atoms with E-state index in [9.17, 15) is 4.79 Å². The van der Waals surface area contributed by atoms with E-state index in [2.05, 4.69) is 10.5 Å². The van der Waals surface area contributed by atoms with Gasteiger partial charge < -0.3 is 14.6 Å². The number of rotatable bonds is 6. The summed E-state index contributed by atoms with van der Waals surface area (Å²) in [7, 11) is 0. The van der Waals surface area contributed by atoms with Crippen molar-refractivity contribution in [3.63, 3.8) is 0 Å². The van der Waals surface area contributed by atoms with Crippen molar-refractivity contribution in [1.29, 1.82) is 0 Å². The third-order valence-electron chi connectivity index (χ3n) is 4.15. The highest BCUT2D eigenvalue weighted by Crippen LogP contribution is 2.24. The Labute approximate surface area is 172 Å². The number of carbonyl (C=O) groups is 1. The number of benzene rings is 3. The maximum atomic E-state index is 12.3. The number of ether oxygens (including phenoxy) is 1. The summed E-state index contributed by atoms with van der Waals surface area (Å²) in [5, 5.41) is 7.46. The van der Waals surface area contributed by atoms with Crippen molar-refractivity contribution < 1.29 is 14.1 Å². The Morgan fingerprint density at radius 3 is 2.34 bits per heavy atom. The van der Waals surface area contributed by atoms with Crippen molar-refractivity contribution in [2.24, 2.45) is 0 Å². The van der Waals surface area contributed by atoms with Crippen molar-refractivity contribution >= 4 is 23.2 Å². The summed E-state index contributed by atoms with van der Waals surface area (Å²) in [4.78, 5) is 12.3. The number of hydrogen-bond acceptors (Lipinski definition) is 4. The average molecular weight is 405 g/mol. The van der Waals surface area contributed by atoms with Gasteiger partial charge in [0, 0.05) is 22.3 Å². The summed E-state index contributed by atoms with van der Waals surface area (Å²) >= 11 is 5.89. The highest BCUT2D eigenvalue weighted by molar-refractivity contribution is 6.30. The van der Waals surface area contributed by atoms with E-state index in [1.54, 1.807) is 42.5 Å².